The van der Waals surface area contributed by atoms with Gasteiger partial charge in [-0.2, -0.15) is 0 Å². The highest BCUT2D eigenvalue weighted by Gasteiger charge is 2.08. The minimum absolute atomic E-state index is 0.0142. The zero-order valence-corrected chi connectivity index (χ0v) is 13.5. The molecule has 0 N–H and O–H groups in total. The molecule has 118 valence electrons. The van der Waals surface area contributed by atoms with Gasteiger partial charge in [-0.25, -0.2) is 9.97 Å². The maximum atomic E-state index is 11.6. The fraction of sp³-hybridized carbons (Fsp3) is 0.100. The molecule has 3 aromatic rings. The standard InChI is InChI=1S/C20H16N2O2/c1-13(23)15-5-3-7-17(9-15)19-11-20(22-12-21-19)18-8-4-6-16(10-18)14(2)24/h3-12H,1-2H3. The topological polar surface area (TPSA) is 59.9 Å². The summed E-state index contributed by atoms with van der Waals surface area (Å²) >= 11 is 0. The molecule has 3 rings (SSSR count). The van der Waals surface area contributed by atoms with Gasteiger partial charge < -0.3 is 0 Å². The van der Waals surface area contributed by atoms with Crippen molar-refractivity contribution in [2.24, 2.45) is 0 Å². The van der Waals surface area contributed by atoms with Crippen LogP contribution in [0.3, 0.4) is 0 Å². The normalized spacial score (nSPS) is 10.4. The lowest BCUT2D eigenvalue weighted by atomic mass is 10.0. The number of rotatable bonds is 4. The first-order chi connectivity index (χ1) is 11.5. The van der Waals surface area contributed by atoms with E-state index < -0.39 is 0 Å². The molecule has 0 unspecified atom stereocenters. The van der Waals surface area contributed by atoms with Gasteiger partial charge in [0.1, 0.15) is 6.33 Å². The molecule has 0 aliphatic rings. The minimum Gasteiger partial charge on any atom is -0.295 e. The van der Waals surface area contributed by atoms with Crippen LogP contribution in [0.2, 0.25) is 0 Å². The lowest BCUT2D eigenvalue weighted by Crippen LogP contribution is -1.95. The molecule has 0 saturated carbocycles. The van der Waals surface area contributed by atoms with Crippen LogP contribution >= 0.6 is 0 Å². The van der Waals surface area contributed by atoms with Crippen LogP contribution in [0.1, 0.15) is 34.6 Å². The third-order valence-electron chi connectivity index (χ3n) is 3.80. The first-order valence-electron chi connectivity index (χ1n) is 7.59. The SMILES string of the molecule is CC(=O)c1cccc(-c2cc(-c3cccc(C(C)=O)c3)ncn2)c1. The predicted molar refractivity (Wildman–Crippen MR) is 92.9 cm³/mol. The molecule has 0 aliphatic carbocycles. The number of hydrogen-bond acceptors (Lipinski definition) is 4. The number of carbonyl (C=O) groups is 2. The zero-order valence-electron chi connectivity index (χ0n) is 13.5. The number of carbonyl (C=O) groups excluding carboxylic acids is 2. The third-order valence-corrected chi connectivity index (χ3v) is 3.80. The first-order valence-corrected chi connectivity index (χ1v) is 7.59. The van der Waals surface area contributed by atoms with E-state index in [-0.39, 0.29) is 11.6 Å². The molecule has 4 heteroatoms. The molecule has 0 saturated heterocycles. The van der Waals surface area contributed by atoms with Gasteiger partial charge >= 0.3 is 0 Å². The Hall–Kier alpha value is -3.14. The van der Waals surface area contributed by atoms with E-state index in [1.54, 1.807) is 12.1 Å². The maximum Gasteiger partial charge on any atom is 0.159 e. The van der Waals surface area contributed by atoms with Crippen molar-refractivity contribution in [1.82, 2.24) is 9.97 Å². The van der Waals surface area contributed by atoms with Crippen LogP contribution in [0, 0.1) is 0 Å². The summed E-state index contributed by atoms with van der Waals surface area (Å²) < 4.78 is 0. The number of benzene rings is 2. The van der Waals surface area contributed by atoms with Crippen molar-refractivity contribution in [2.45, 2.75) is 13.8 Å². The van der Waals surface area contributed by atoms with Crippen LogP contribution in [-0.4, -0.2) is 21.5 Å². The third kappa shape index (κ3) is 3.27. The van der Waals surface area contributed by atoms with Crippen molar-refractivity contribution in [1.29, 1.82) is 0 Å². The van der Waals surface area contributed by atoms with Gasteiger partial charge in [0.25, 0.3) is 0 Å². The Labute approximate surface area is 140 Å². The molecule has 24 heavy (non-hydrogen) atoms. The van der Waals surface area contributed by atoms with Gasteiger partial charge in [-0.15, -0.1) is 0 Å². The van der Waals surface area contributed by atoms with Crippen LogP contribution in [0.15, 0.2) is 60.9 Å². The molecule has 0 atom stereocenters. The average molecular weight is 316 g/mol. The fourth-order valence-corrected chi connectivity index (χ4v) is 2.47. The fourth-order valence-electron chi connectivity index (χ4n) is 2.47. The first kappa shape index (κ1) is 15.7. The summed E-state index contributed by atoms with van der Waals surface area (Å²) in [6.07, 6.45) is 1.49. The summed E-state index contributed by atoms with van der Waals surface area (Å²) in [7, 11) is 0. The smallest absolute Gasteiger partial charge is 0.159 e. The van der Waals surface area contributed by atoms with Crippen molar-refractivity contribution >= 4 is 11.6 Å². The van der Waals surface area contributed by atoms with Gasteiger partial charge in [0, 0.05) is 22.3 Å². The van der Waals surface area contributed by atoms with Gasteiger partial charge in [0.2, 0.25) is 0 Å². The number of ketones is 2. The number of hydrogen-bond donors (Lipinski definition) is 0. The van der Waals surface area contributed by atoms with E-state index in [1.807, 2.05) is 42.5 Å². The molecular formula is C20H16N2O2. The second kappa shape index (κ2) is 6.54. The van der Waals surface area contributed by atoms with Gasteiger partial charge in [0.15, 0.2) is 11.6 Å². The Morgan fingerprint density at radius 3 is 1.58 bits per heavy atom. The summed E-state index contributed by atoms with van der Waals surface area (Å²) in [5, 5.41) is 0. The molecule has 4 nitrogen and oxygen atoms in total. The van der Waals surface area contributed by atoms with E-state index in [2.05, 4.69) is 9.97 Å². The van der Waals surface area contributed by atoms with E-state index in [1.165, 1.54) is 20.2 Å². The maximum absolute atomic E-state index is 11.6. The largest absolute Gasteiger partial charge is 0.295 e. The highest BCUT2D eigenvalue weighted by Crippen LogP contribution is 2.24. The summed E-state index contributed by atoms with van der Waals surface area (Å²) in [5.41, 5.74) is 4.47. The van der Waals surface area contributed by atoms with E-state index >= 15 is 0 Å². The van der Waals surface area contributed by atoms with Crippen molar-refractivity contribution in [2.75, 3.05) is 0 Å². The number of Topliss-reactive ketones (excluding diaryl/α,β-unsaturated/α-hetero) is 2. The zero-order chi connectivity index (χ0) is 17.1. The Bertz CT molecular complexity index is 859. The summed E-state index contributed by atoms with van der Waals surface area (Å²) in [4.78, 5) is 31.7. The molecule has 2 aromatic carbocycles. The van der Waals surface area contributed by atoms with E-state index in [0.717, 1.165) is 22.5 Å². The quantitative estimate of drug-likeness (QED) is 0.676. The second-order valence-corrected chi connectivity index (χ2v) is 5.56. The van der Waals surface area contributed by atoms with Crippen molar-refractivity contribution in [3.05, 3.63) is 72.1 Å². The summed E-state index contributed by atoms with van der Waals surface area (Å²) in [6, 6.07) is 16.6. The Morgan fingerprint density at radius 1 is 0.708 bits per heavy atom. The minimum atomic E-state index is 0.0142. The highest BCUT2D eigenvalue weighted by atomic mass is 16.1. The van der Waals surface area contributed by atoms with Gasteiger partial charge in [-0.1, -0.05) is 36.4 Å². The van der Waals surface area contributed by atoms with Crippen LogP contribution in [0.25, 0.3) is 22.5 Å². The van der Waals surface area contributed by atoms with Crippen LogP contribution in [0.4, 0.5) is 0 Å². The highest BCUT2D eigenvalue weighted by molar-refractivity contribution is 5.96. The van der Waals surface area contributed by atoms with Gasteiger partial charge in [-0.05, 0) is 32.0 Å². The van der Waals surface area contributed by atoms with Gasteiger partial charge in [0.05, 0.1) is 11.4 Å². The summed E-state index contributed by atoms with van der Waals surface area (Å²) in [5.74, 6) is 0.0283. The molecule has 0 spiro atoms. The lowest BCUT2D eigenvalue weighted by molar-refractivity contribution is 0.100. The van der Waals surface area contributed by atoms with Crippen LogP contribution in [-0.2, 0) is 0 Å². The van der Waals surface area contributed by atoms with Gasteiger partial charge in [-0.3, -0.25) is 9.59 Å². The average Bonchev–Trinajstić information content (AvgIpc) is 2.62. The molecule has 0 radical (unpaired) electrons. The van der Waals surface area contributed by atoms with Crippen molar-refractivity contribution in [3.8, 4) is 22.5 Å². The number of aromatic nitrogens is 2. The Kier molecular flexibility index (Phi) is 4.29. The Morgan fingerprint density at radius 2 is 1.17 bits per heavy atom. The lowest BCUT2D eigenvalue weighted by Gasteiger charge is -2.06. The monoisotopic (exact) mass is 316 g/mol. The van der Waals surface area contributed by atoms with Crippen LogP contribution in [0.5, 0.6) is 0 Å². The molecule has 0 bridgehead atoms. The van der Waals surface area contributed by atoms with E-state index in [9.17, 15) is 9.59 Å². The Balaban J connectivity index is 2.04. The second-order valence-electron chi connectivity index (χ2n) is 5.56. The molecule has 1 aromatic heterocycles. The van der Waals surface area contributed by atoms with Crippen molar-refractivity contribution < 1.29 is 9.59 Å². The van der Waals surface area contributed by atoms with Crippen molar-refractivity contribution in [3.63, 3.8) is 0 Å². The van der Waals surface area contributed by atoms with E-state index in [0.29, 0.717) is 11.1 Å². The van der Waals surface area contributed by atoms with Crippen LogP contribution < -0.4 is 0 Å². The molecule has 0 amide bonds. The summed E-state index contributed by atoms with van der Waals surface area (Å²) in [6.45, 7) is 3.08. The molecule has 1 heterocycles. The molecule has 0 fully saturated rings. The molecule has 0 aliphatic heterocycles. The number of nitrogens with zero attached hydrogens (tertiary/aromatic N) is 2. The molecular weight excluding hydrogens is 300 g/mol. The predicted octanol–water partition coefficient (Wildman–Crippen LogP) is 4.22. The van der Waals surface area contributed by atoms with E-state index in [4.69, 9.17) is 0 Å².